The summed E-state index contributed by atoms with van der Waals surface area (Å²) in [6, 6.07) is 16.2. The number of rotatable bonds is 2. The molecule has 5 heteroatoms. The summed E-state index contributed by atoms with van der Waals surface area (Å²) in [4.78, 5) is 23.9. The number of carboxylic acid groups (broad SMARTS) is 1. The van der Waals surface area contributed by atoms with Crippen LogP contribution in [-0.2, 0) is 9.53 Å². The van der Waals surface area contributed by atoms with E-state index in [0.29, 0.717) is 6.42 Å². The first kappa shape index (κ1) is 13.8. The van der Waals surface area contributed by atoms with E-state index in [2.05, 4.69) is 24.3 Å². The summed E-state index contributed by atoms with van der Waals surface area (Å²) < 4.78 is 5.23. The van der Waals surface area contributed by atoms with E-state index in [-0.39, 0.29) is 12.5 Å². The van der Waals surface area contributed by atoms with Crippen molar-refractivity contribution in [1.29, 1.82) is 0 Å². The van der Waals surface area contributed by atoms with Gasteiger partial charge in [0.2, 0.25) is 0 Å². The average Bonchev–Trinajstić information content (AvgIpc) is 3.07. The normalized spacial score (nSPS) is 19.4. The van der Waals surface area contributed by atoms with E-state index in [0.717, 1.165) is 16.0 Å². The van der Waals surface area contributed by atoms with Gasteiger partial charge in [0.1, 0.15) is 6.54 Å². The second-order valence-electron chi connectivity index (χ2n) is 5.82. The lowest BCUT2D eigenvalue weighted by atomic mass is 9.93. The molecule has 116 valence electrons. The molecule has 2 aliphatic rings. The van der Waals surface area contributed by atoms with E-state index in [1.165, 1.54) is 11.1 Å². The van der Waals surface area contributed by atoms with Crippen molar-refractivity contribution >= 4 is 12.1 Å². The lowest BCUT2D eigenvalue weighted by Gasteiger charge is -2.23. The van der Waals surface area contributed by atoms with Crippen LogP contribution >= 0.6 is 0 Å². The Balaban J connectivity index is 1.72. The van der Waals surface area contributed by atoms with Crippen molar-refractivity contribution in [1.82, 2.24) is 4.90 Å². The number of carbonyl (C=O) groups excluding carboxylic acids is 1. The number of cyclic esters (lactones) is 1. The molecule has 1 unspecified atom stereocenters. The zero-order chi connectivity index (χ0) is 16.0. The number of hydrogen-bond donors (Lipinski definition) is 1. The zero-order valence-corrected chi connectivity index (χ0v) is 12.3. The first-order valence-electron chi connectivity index (χ1n) is 7.52. The zero-order valence-electron chi connectivity index (χ0n) is 12.3. The summed E-state index contributed by atoms with van der Waals surface area (Å²) in [6.45, 7) is -0.198. The smallest absolute Gasteiger partial charge is 0.410 e. The summed E-state index contributed by atoms with van der Waals surface area (Å²) in [5.41, 5.74) is 4.64. The van der Waals surface area contributed by atoms with Gasteiger partial charge in [-0.1, -0.05) is 48.5 Å². The molecule has 0 bridgehead atoms. The minimum absolute atomic E-state index is 0.0279. The van der Waals surface area contributed by atoms with E-state index < -0.39 is 18.3 Å². The van der Waals surface area contributed by atoms with Gasteiger partial charge in [0.25, 0.3) is 0 Å². The van der Waals surface area contributed by atoms with E-state index in [9.17, 15) is 14.7 Å². The molecule has 2 aromatic carbocycles. The molecule has 1 fully saturated rings. The van der Waals surface area contributed by atoms with Crippen molar-refractivity contribution in [3.05, 3.63) is 59.7 Å². The minimum Gasteiger partial charge on any atom is -0.465 e. The van der Waals surface area contributed by atoms with Gasteiger partial charge in [0, 0.05) is 12.3 Å². The Morgan fingerprint density at radius 1 is 1.09 bits per heavy atom. The third kappa shape index (κ3) is 2.16. The molecule has 23 heavy (non-hydrogen) atoms. The highest BCUT2D eigenvalue weighted by molar-refractivity contribution is 5.81. The van der Waals surface area contributed by atoms with Gasteiger partial charge in [-0.2, -0.15) is 0 Å². The van der Waals surface area contributed by atoms with Crippen LogP contribution < -0.4 is 0 Å². The van der Waals surface area contributed by atoms with Gasteiger partial charge < -0.3 is 9.84 Å². The molecule has 1 aliphatic heterocycles. The van der Waals surface area contributed by atoms with E-state index in [1.807, 2.05) is 24.3 Å². The van der Waals surface area contributed by atoms with Gasteiger partial charge in [-0.05, 0) is 22.3 Å². The van der Waals surface area contributed by atoms with Gasteiger partial charge in [-0.3, -0.25) is 9.69 Å². The molecule has 1 saturated heterocycles. The highest BCUT2D eigenvalue weighted by Crippen LogP contribution is 2.47. The van der Waals surface area contributed by atoms with Gasteiger partial charge in [-0.15, -0.1) is 0 Å². The Kier molecular flexibility index (Phi) is 3.08. The van der Waals surface area contributed by atoms with Crippen LogP contribution in [-0.4, -0.2) is 34.8 Å². The van der Waals surface area contributed by atoms with Gasteiger partial charge >= 0.3 is 12.1 Å². The summed E-state index contributed by atoms with van der Waals surface area (Å²) in [5, 5.41) is 9.26. The highest BCUT2D eigenvalue weighted by Gasteiger charge is 2.40. The van der Waals surface area contributed by atoms with Crippen molar-refractivity contribution in [3.8, 4) is 11.1 Å². The predicted octanol–water partition coefficient (Wildman–Crippen LogP) is 3.05. The SMILES string of the molecule is O=C1CN(C(=O)O)C(CC2c3ccccc3-c3ccccc32)O1. The number of fused-ring (bicyclic) bond motifs is 3. The third-order valence-electron chi connectivity index (χ3n) is 4.56. The number of amides is 1. The molecule has 1 amide bonds. The number of ether oxygens (including phenoxy) is 1. The second-order valence-corrected chi connectivity index (χ2v) is 5.82. The lowest BCUT2D eigenvalue weighted by Crippen LogP contribution is -2.36. The Bertz CT molecular complexity index is 756. The topological polar surface area (TPSA) is 66.8 Å². The Labute approximate surface area is 133 Å². The fourth-order valence-corrected chi connectivity index (χ4v) is 3.58. The number of carbonyl (C=O) groups is 2. The first-order chi connectivity index (χ1) is 11.1. The second kappa shape index (κ2) is 5.12. The first-order valence-corrected chi connectivity index (χ1v) is 7.52. The highest BCUT2D eigenvalue weighted by atomic mass is 16.6. The summed E-state index contributed by atoms with van der Waals surface area (Å²) in [7, 11) is 0. The number of benzene rings is 2. The van der Waals surface area contributed by atoms with Gasteiger partial charge in [0.05, 0.1) is 0 Å². The number of esters is 1. The molecule has 4 rings (SSSR count). The van der Waals surface area contributed by atoms with Crippen LogP contribution in [0.15, 0.2) is 48.5 Å². The molecular weight excluding hydrogens is 294 g/mol. The van der Waals surface area contributed by atoms with Crippen molar-refractivity contribution in [2.45, 2.75) is 18.6 Å². The van der Waals surface area contributed by atoms with Crippen LogP contribution in [0.2, 0.25) is 0 Å². The molecule has 5 nitrogen and oxygen atoms in total. The van der Waals surface area contributed by atoms with Crippen molar-refractivity contribution < 1.29 is 19.4 Å². The molecule has 0 saturated carbocycles. The van der Waals surface area contributed by atoms with Crippen LogP contribution in [0, 0.1) is 0 Å². The number of hydrogen-bond acceptors (Lipinski definition) is 3. The maximum absolute atomic E-state index is 11.5. The lowest BCUT2D eigenvalue weighted by molar-refractivity contribution is -0.141. The molecule has 2 aromatic rings. The van der Waals surface area contributed by atoms with Gasteiger partial charge in [0.15, 0.2) is 6.23 Å². The molecule has 1 N–H and O–H groups in total. The maximum Gasteiger partial charge on any atom is 0.410 e. The molecule has 1 atom stereocenters. The molecular formula is C18H15NO4. The molecule has 0 radical (unpaired) electrons. The average molecular weight is 309 g/mol. The molecule has 1 aliphatic carbocycles. The van der Waals surface area contributed by atoms with Crippen LogP contribution in [0.5, 0.6) is 0 Å². The van der Waals surface area contributed by atoms with Crippen LogP contribution in [0.25, 0.3) is 11.1 Å². The summed E-state index contributed by atoms with van der Waals surface area (Å²) in [5.74, 6) is -0.461. The number of nitrogens with zero attached hydrogens (tertiary/aromatic N) is 1. The van der Waals surface area contributed by atoms with E-state index >= 15 is 0 Å². The van der Waals surface area contributed by atoms with Crippen molar-refractivity contribution in [3.63, 3.8) is 0 Å². The largest absolute Gasteiger partial charge is 0.465 e. The van der Waals surface area contributed by atoms with E-state index in [4.69, 9.17) is 4.74 Å². The van der Waals surface area contributed by atoms with Crippen LogP contribution in [0.4, 0.5) is 4.79 Å². The fraction of sp³-hybridized carbons (Fsp3) is 0.222. The van der Waals surface area contributed by atoms with E-state index in [1.54, 1.807) is 0 Å². The monoisotopic (exact) mass is 309 g/mol. The van der Waals surface area contributed by atoms with Crippen molar-refractivity contribution in [2.75, 3.05) is 6.54 Å². The Morgan fingerprint density at radius 3 is 2.22 bits per heavy atom. The summed E-state index contributed by atoms with van der Waals surface area (Å²) >= 11 is 0. The van der Waals surface area contributed by atoms with Crippen LogP contribution in [0.3, 0.4) is 0 Å². The summed E-state index contributed by atoms with van der Waals surface area (Å²) in [6.07, 6.45) is -1.42. The molecule has 0 aromatic heterocycles. The van der Waals surface area contributed by atoms with Crippen LogP contribution in [0.1, 0.15) is 23.5 Å². The Morgan fingerprint density at radius 2 is 1.65 bits per heavy atom. The predicted molar refractivity (Wildman–Crippen MR) is 82.9 cm³/mol. The van der Waals surface area contributed by atoms with Crippen molar-refractivity contribution in [2.24, 2.45) is 0 Å². The third-order valence-corrected chi connectivity index (χ3v) is 4.56. The molecule has 1 heterocycles. The quantitative estimate of drug-likeness (QED) is 0.866. The van der Waals surface area contributed by atoms with Gasteiger partial charge in [-0.25, -0.2) is 4.79 Å². The standard InChI is InChI=1S/C18H15NO4/c20-17-10-19(18(21)22)16(23-17)9-15-13-7-3-1-5-11(13)12-6-2-4-8-14(12)15/h1-8,15-16H,9-10H2,(H,21,22). The maximum atomic E-state index is 11.5. The Hall–Kier alpha value is -2.82. The fourth-order valence-electron chi connectivity index (χ4n) is 3.58. The molecule has 0 spiro atoms. The minimum atomic E-state index is -1.12.